The van der Waals surface area contributed by atoms with Crippen molar-refractivity contribution in [3.05, 3.63) is 53.1 Å². The highest BCUT2D eigenvalue weighted by atomic mass is 35.5. The molecule has 1 N–H and O–H groups in total. The minimum Gasteiger partial charge on any atom is -0.491 e. The van der Waals surface area contributed by atoms with Crippen LogP contribution >= 0.6 is 11.6 Å². The van der Waals surface area contributed by atoms with Gasteiger partial charge in [0.1, 0.15) is 11.5 Å². The average Bonchev–Trinajstić information content (AvgIpc) is 2.53. The molecule has 0 aliphatic rings. The van der Waals surface area contributed by atoms with E-state index in [2.05, 4.69) is 5.32 Å². The molecule has 122 valence electrons. The summed E-state index contributed by atoms with van der Waals surface area (Å²) in [5.41, 5.74) is 1.53. The van der Waals surface area contributed by atoms with Gasteiger partial charge in [-0.1, -0.05) is 30.7 Å². The molecule has 0 saturated heterocycles. The average molecular weight is 334 g/mol. The van der Waals surface area contributed by atoms with E-state index < -0.39 is 0 Å². The fourth-order valence-electron chi connectivity index (χ4n) is 2.01. The Morgan fingerprint density at radius 3 is 2.65 bits per heavy atom. The van der Waals surface area contributed by atoms with Crippen LogP contribution < -0.4 is 14.8 Å². The lowest BCUT2D eigenvalue weighted by atomic mass is 10.2. The first-order valence-electron chi connectivity index (χ1n) is 7.50. The molecule has 0 atom stereocenters. The second kappa shape index (κ2) is 8.44. The van der Waals surface area contributed by atoms with Crippen LogP contribution in [0.15, 0.2) is 42.5 Å². The first-order valence-corrected chi connectivity index (χ1v) is 7.88. The summed E-state index contributed by atoms with van der Waals surface area (Å²) in [6.45, 7) is 4.44. The first-order chi connectivity index (χ1) is 11.1. The maximum absolute atomic E-state index is 12.1. The summed E-state index contributed by atoms with van der Waals surface area (Å²) in [6.07, 6.45) is 0.904. The van der Waals surface area contributed by atoms with Crippen molar-refractivity contribution in [2.75, 3.05) is 18.5 Å². The Hall–Kier alpha value is -2.20. The van der Waals surface area contributed by atoms with Gasteiger partial charge in [0.15, 0.2) is 6.61 Å². The van der Waals surface area contributed by atoms with Crippen molar-refractivity contribution in [1.82, 2.24) is 0 Å². The Balaban J connectivity index is 1.94. The molecular formula is C18H20ClNO3. The van der Waals surface area contributed by atoms with Crippen LogP contribution in [0.25, 0.3) is 0 Å². The largest absolute Gasteiger partial charge is 0.491 e. The van der Waals surface area contributed by atoms with Gasteiger partial charge in [0.2, 0.25) is 0 Å². The molecule has 23 heavy (non-hydrogen) atoms. The predicted octanol–water partition coefficient (Wildman–Crippen LogP) is 4.45. The van der Waals surface area contributed by atoms with Crippen LogP contribution in [0.2, 0.25) is 5.02 Å². The van der Waals surface area contributed by atoms with Crippen molar-refractivity contribution in [2.45, 2.75) is 20.3 Å². The molecular weight excluding hydrogens is 314 g/mol. The topological polar surface area (TPSA) is 47.6 Å². The second-order valence-electron chi connectivity index (χ2n) is 5.09. The number of para-hydroxylation sites is 2. The number of amides is 1. The smallest absolute Gasteiger partial charge is 0.262 e. The number of halogens is 1. The Morgan fingerprint density at radius 1 is 1.13 bits per heavy atom. The van der Waals surface area contributed by atoms with Gasteiger partial charge in [-0.3, -0.25) is 4.79 Å². The standard InChI is InChI=1S/C18H20ClNO3/c1-3-10-22-17-7-5-4-6-15(17)20-18(21)12-23-16-9-8-14(19)11-13(16)2/h4-9,11H,3,10,12H2,1-2H3,(H,20,21). The van der Waals surface area contributed by atoms with Gasteiger partial charge in [0.05, 0.1) is 12.3 Å². The Bertz CT molecular complexity index is 673. The van der Waals surface area contributed by atoms with Crippen LogP contribution in [0.3, 0.4) is 0 Å². The summed E-state index contributed by atoms with van der Waals surface area (Å²) in [7, 11) is 0. The summed E-state index contributed by atoms with van der Waals surface area (Å²) in [5.74, 6) is 1.05. The fourth-order valence-corrected chi connectivity index (χ4v) is 2.24. The Kier molecular flexibility index (Phi) is 6.29. The molecule has 0 heterocycles. The van der Waals surface area contributed by atoms with E-state index in [0.717, 1.165) is 12.0 Å². The van der Waals surface area contributed by atoms with Crippen molar-refractivity contribution < 1.29 is 14.3 Å². The Labute approximate surface area is 141 Å². The molecule has 2 aromatic rings. The fraction of sp³-hybridized carbons (Fsp3) is 0.278. The summed E-state index contributed by atoms with van der Waals surface area (Å²) in [4.78, 5) is 12.1. The minimum absolute atomic E-state index is 0.0788. The number of benzene rings is 2. The highest BCUT2D eigenvalue weighted by Crippen LogP contribution is 2.24. The lowest BCUT2D eigenvalue weighted by molar-refractivity contribution is -0.118. The second-order valence-corrected chi connectivity index (χ2v) is 5.53. The highest BCUT2D eigenvalue weighted by Gasteiger charge is 2.09. The van der Waals surface area contributed by atoms with Gasteiger partial charge in [-0.2, -0.15) is 0 Å². The van der Waals surface area contributed by atoms with Crippen LogP contribution in [-0.4, -0.2) is 19.1 Å². The van der Waals surface area contributed by atoms with Gasteiger partial charge in [-0.25, -0.2) is 0 Å². The zero-order chi connectivity index (χ0) is 16.7. The third-order valence-electron chi connectivity index (χ3n) is 3.12. The number of hydrogen-bond acceptors (Lipinski definition) is 3. The van der Waals surface area contributed by atoms with Crippen LogP contribution in [-0.2, 0) is 4.79 Å². The molecule has 4 nitrogen and oxygen atoms in total. The maximum atomic E-state index is 12.1. The number of rotatable bonds is 7. The van der Waals surface area contributed by atoms with Crippen molar-refractivity contribution >= 4 is 23.2 Å². The zero-order valence-corrected chi connectivity index (χ0v) is 14.0. The monoisotopic (exact) mass is 333 g/mol. The van der Waals surface area contributed by atoms with E-state index in [0.29, 0.717) is 28.8 Å². The molecule has 0 aliphatic carbocycles. The van der Waals surface area contributed by atoms with Crippen LogP contribution in [0, 0.1) is 6.92 Å². The van der Waals surface area contributed by atoms with Gasteiger partial charge < -0.3 is 14.8 Å². The highest BCUT2D eigenvalue weighted by molar-refractivity contribution is 6.30. The molecule has 0 fully saturated rings. The van der Waals surface area contributed by atoms with Crippen molar-refractivity contribution in [3.8, 4) is 11.5 Å². The van der Waals surface area contributed by atoms with Crippen LogP contribution in [0.1, 0.15) is 18.9 Å². The number of carbonyl (C=O) groups is 1. The molecule has 0 unspecified atom stereocenters. The number of hydrogen-bond donors (Lipinski definition) is 1. The zero-order valence-electron chi connectivity index (χ0n) is 13.3. The van der Waals surface area contributed by atoms with Gasteiger partial charge in [-0.15, -0.1) is 0 Å². The lowest BCUT2D eigenvalue weighted by Crippen LogP contribution is -2.20. The van der Waals surface area contributed by atoms with E-state index in [1.807, 2.05) is 32.0 Å². The molecule has 0 aromatic heterocycles. The van der Waals surface area contributed by atoms with Crippen LogP contribution in [0.4, 0.5) is 5.69 Å². The maximum Gasteiger partial charge on any atom is 0.262 e. The Morgan fingerprint density at radius 2 is 1.91 bits per heavy atom. The molecule has 0 bridgehead atoms. The van der Waals surface area contributed by atoms with Gasteiger partial charge >= 0.3 is 0 Å². The molecule has 0 saturated carbocycles. The molecule has 0 aliphatic heterocycles. The van der Waals surface area contributed by atoms with Crippen molar-refractivity contribution in [3.63, 3.8) is 0 Å². The predicted molar refractivity (Wildman–Crippen MR) is 92.5 cm³/mol. The number of nitrogens with one attached hydrogen (secondary N) is 1. The van der Waals surface area contributed by atoms with E-state index in [1.54, 1.807) is 24.3 Å². The summed E-state index contributed by atoms with van der Waals surface area (Å²) in [6, 6.07) is 12.6. The number of anilines is 1. The van der Waals surface area contributed by atoms with E-state index in [9.17, 15) is 4.79 Å². The van der Waals surface area contributed by atoms with E-state index >= 15 is 0 Å². The first kappa shape index (κ1) is 17.2. The van der Waals surface area contributed by atoms with Crippen molar-refractivity contribution in [1.29, 1.82) is 0 Å². The van der Waals surface area contributed by atoms with Crippen molar-refractivity contribution in [2.24, 2.45) is 0 Å². The molecule has 2 rings (SSSR count). The molecule has 1 amide bonds. The third-order valence-corrected chi connectivity index (χ3v) is 3.35. The molecule has 5 heteroatoms. The molecule has 2 aromatic carbocycles. The lowest BCUT2D eigenvalue weighted by Gasteiger charge is -2.13. The minimum atomic E-state index is -0.244. The number of ether oxygens (including phenoxy) is 2. The molecule has 0 radical (unpaired) electrons. The summed E-state index contributed by atoms with van der Waals surface area (Å²) in [5, 5.41) is 3.45. The van der Waals surface area contributed by atoms with Gasteiger partial charge in [0, 0.05) is 5.02 Å². The third kappa shape index (κ3) is 5.18. The quantitative estimate of drug-likeness (QED) is 0.814. The van der Waals surface area contributed by atoms with E-state index in [1.165, 1.54) is 0 Å². The summed E-state index contributed by atoms with van der Waals surface area (Å²) < 4.78 is 11.1. The number of aryl methyl sites for hydroxylation is 1. The van der Waals surface area contributed by atoms with E-state index in [-0.39, 0.29) is 12.5 Å². The summed E-state index contributed by atoms with van der Waals surface area (Å²) >= 11 is 5.90. The molecule has 0 spiro atoms. The number of carbonyl (C=O) groups excluding carboxylic acids is 1. The van der Waals surface area contributed by atoms with Gasteiger partial charge in [0.25, 0.3) is 5.91 Å². The normalized spacial score (nSPS) is 10.2. The van der Waals surface area contributed by atoms with E-state index in [4.69, 9.17) is 21.1 Å². The van der Waals surface area contributed by atoms with Crippen LogP contribution in [0.5, 0.6) is 11.5 Å². The SMILES string of the molecule is CCCOc1ccccc1NC(=O)COc1ccc(Cl)cc1C. The van der Waals surface area contributed by atoms with Gasteiger partial charge in [-0.05, 0) is 49.2 Å².